The molecule has 9 heteroatoms. The summed E-state index contributed by atoms with van der Waals surface area (Å²) in [7, 11) is 0. The molecule has 16 aromatic rings. The molecule has 0 aliphatic carbocycles. The molecule has 8 nitrogen and oxygen atoms in total. The Labute approximate surface area is 475 Å². The molecule has 1 N–H and O–H groups in total. The summed E-state index contributed by atoms with van der Waals surface area (Å²) in [6, 6.07) is 92.2. The number of benzene rings is 8. The topological polar surface area (TPSA) is 82.1 Å². The van der Waals surface area contributed by atoms with Crippen molar-refractivity contribution in [3.05, 3.63) is 296 Å². The largest absolute Gasteiger partial charge is 0.353 e. The second-order valence-corrected chi connectivity index (χ2v) is 20.5. The maximum absolute atomic E-state index is 5.27. The lowest BCUT2D eigenvalue weighted by atomic mass is 10.0. The summed E-state index contributed by atoms with van der Waals surface area (Å²) >= 11 is 3.50. The summed E-state index contributed by atoms with van der Waals surface area (Å²) in [5.41, 5.74) is 19.8. The number of rotatable bonds is 7. The van der Waals surface area contributed by atoms with Crippen molar-refractivity contribution in [2.45, 2.75) is 0 Å². The zero-order valence-electron chi connectivity index (χ0n) is 43.7. The Kier molecular flexibility index (Phi) is 12.9. The standard InChI is InChI=1S/C36H24N4.C19H13N3.C17H12BrN/c1-4-11-25(12-5-1)27-23-31(26-13-6-2-7-14-26)38-34(24-27)40-33-17-10-21-37-35(33)30-18-19-32-29(36(30)40)20-22-39(32)28-15-8-3-9-16-28;1-2-5-13(6-3-1)22-12-10-14-17(22)9-8-15-18(14)21-16-7-4-11-20-19(15)16;18-17-12-15(13-7-3-1-4-8-13)11-16(19-17)14-9-5-2-6-10-14/h1-24H;1-12,21H;1-12H. The van der Waals surface area contributed by atoms with Crippen LogP contribution in [0, 0.1) is 0 Å². The van der Waals surface area contributed by atoms with E-state index in [2.05, 4.69) is 251 Å². The molecule has 0 bridgehead atoms. The number of hydrogen-bond acceptors (Lipinski definition) is 4. The highest BCUT2D eigenvalue weighted by Crippen LogP contribution is 2.39. The van der Waals surface area contributed by atoms with Crippen LogP contribution in [-0.2, 0) is 0 Å². The Balaban J connectivity index is 0.000000121. The molecule has 8 heterocycles. The van der Waals surface area contributed by atoms with Gasteiger partial charge in [0.25, 0.3) is 0 Å². The van der Waals surface area contributed by atoms with Gasteiger partial charge in [-0.2, -0.15) is 0 Å². The number of fused-ring (bicyclic) bond motifs is 10. The van der Waals surface area contributed by atoms with E-state index in [1.165, 1.54) is 33.1 Å². The smallest absolute Gasteiger partial charge is 0.138 e. The van der Waals surface area contributed by atoms with Gasteiger partial charge >= 0.3 is 0 Å². The molecule has 0 spiro atoms. The minimum atomic E-state index is 0.854. The second kappa shape index (κ2) is 21.4. The van der Waals surface area contributed by atoms with Gasteiger partial charge in [-0.15, -0.1) is 0 Å². The van der Waals surface area contributed by atoms with Crippen molar-refractivity contribution in [1.82, 2.24) is 38.6 Å². The average molecular weight is 1110 g/mol. The zero-order valence-corrected chi connectivity index (χ0v) is 45.3. The molecule has 0 aliphatic heterocycles. The highest BCUT2D eigenvalue weighted by Gasteiger charge is 2.20. The van der Waals surface area contributed by atoms with Crippen LogP contribution < -0.4 is 0 Å². The van der Waals surface area contributed by atoms with Crippen molar-refractivity contribution in [1.29, 1.82) is 0 Å². The third-order valence-corrected chi connectivity index (χ3v) is 15.2. The average Bonchev–Trinajstić information content (AvgIpc) is 4.53. The number of aromatic nitrogens is 8. The van der Waals surface area contributed by atoms with Crippen molar-refractivity contribution in [2.75, 3.05) is 0 Å². The van der Waals surface area contributed by atoms with E-state index in [-0.39, 0.29) is 0 Å². The lowest BCUT2D eigenvalue weighted by Crippen LogP contribution is -2.00. The predicted molar refractivity (Wildman–Crippen MR) is 337 cm³/mol. The van der Waals surface area contributed by atoms with Crippen LogP contribution in [0.3, 0.4) is 0 Å². The van der Waals surface area contributed by atoms with Crippen LogP contribution in [0.4, 0.5) is 0 Å². The Bertz CT molecular complexity index is 4750. The molecule has 0 fully saturated rings. The molecule has 0 radical (unpaired) electrons. The molecule has 0 aliphatic rings. The quantitative estimate of drug-likeness (QED) is 0.161. The Morgan fingerprint density at radius 2 is 0.827 bits per heavy atom. The monoisotopic (exact) mass is 1100 g/mol. The number of pyridine rings is 4. The molecular formula is C72H49BrN8. The maximum Gasteiger partial charge on any atom is 0.138 e. The number of halogens is 1. The molecule has 81 heavy (non-hydrogen) atoms. The number of aromatic amines is 1. The van der Waals surface area contributed by atoms with Crippen molar-refractivity contribution in [3.8, 4) is 62.0 Å². The molecular weight excluding hydrogens is 1060 g/mol. The first-order valence-electron chi connectivity index (χ1n) is 26.9. The van der Waals surface area contributed by atoms with E-state index in [0.29, 0.717) is 0 Å². The van der Waals surface area contributed by atoms with Crippen molar-refractivity contribution in [3.63, 3.8) is 0 Å². The molecule has 0 amide bonds. The van der Waals surface area contributed by atoms with Gasteiger partial charge < -0.3 is 14.1 Å². The van der Waals surface area contributed by atoms with Gasteiger partial charge in [0.05, 0.1) is 55.5 Å². The van der Waals surface area contributed by atoms with E-state index >= 15 is 0 Å². The molecule has 16 rings (SSSR count). The van der Waals surface area contributed by atoms with Crippen LogP contribution in [-0.4, -0.2) is 38.6 Å². The summed E-state index contributed by atoms with van der Waals surface area (Å²) in [4.78, 5) is 22.7. The SMILES string of the molecule is Brc1cc(-c2ccccc2)cc(-c2ccccc2)n1.c1ccc(-c2cc(-c3ccccc3)nc(-n3c4cccnc4c4ccc5c(ccn5-c5ccccc5)c43)c2)cc1.c1ccc(-n2ccc3c4[nH]c5cccnc5c4ccc32)cc1. The number of hydrogen-bond donors (Lipinski definition) is 1. The molecule has 8 aromatic carbocycles. The van der Waals surface area contributed by atoms with Crippen LogP contribution >= 0.6 is 15.9 Å². The maximum atomic E-state index is 5.27. The van der Waals surface area contributed by atoms with Gasteiger partial charge in [0.2, 0.25) is 0 Å². The number of para-hydroxylation sites is 2. The number of H-pyrrole nitrogens is 1. The summed E-state index contributed by atoms with van der Waals surface area (Å²) in [6.07, 6.45) is 7.99. The second-order valence-electron chi connectivity index (χ2n) is 19.7. The van der Waals surface area contributed by atoms with E-state index < -0.39 is 0 Å². The highest BCUT2D eigenvalue weighted by atomic mass is 79.9. The van der Waals surface area contributed by atoms with E-state index in [0.717, 1.165) is 99.1 Å². The lowest BCUT2D eigenvalue weighted by Gasteiger charge is -2.13. The molecule has 0 saturated heterocycles. The highest BCUT2D eigenvalue weighted by molar-refractivity contribution is 9.10. The Morgan fingerprint density at radius 1 is 0.346 bits per heavy atom. The van der Waals surface area contributed by atoms with E-state index in [9.17, 15) is 0 Å². The van der Waals surface area contributed by atoms with Crippen LogP contribution in [0.15, 0.2) is 296 Å². The summed E-state index contributed by atoms with van der Waals surface area (Å²) < 4.78 is 7.60. The van der Waals surface area contributed by atoms with E-state index in [1.54, 1.807) is 0 Å². The number of nitrogens with one attached hydrogen (secondary N) is 1. The van der Waals surface area contributed by atoms with Gasteiger partial charge in [0, 0.05) is 68.8 Å². The first-order valence-corrected chi connectivity index (χ1v) is 27.7. The summed E-state index contributed by atoms with van der Waals surface area (Å²) in [5, 5.41) is 4.67. The first-order chi connectivity index (χ1) is 40.1. The van der Waals surface area contributed by atoms with Crippen molar-refractivity contribution >= 4 is 81.6 Å². The molecule has 384 valence electrons. The van der Waals surface area contributed by atoms with Gasteiger partial charge in [-0.25, -0.2) is 9.97 Å². The van der Waals surface area contributed by atoms with Gasteiger partial charge in [0.15, 0.2) is 0 Å². The molecule has 8 aromatic heterocycles. The minimum absolute atomic E-state index is 0.854. The fourth-order valence-corrected chi connectivity index (χ4v) is 11.5. The summed E-state index contributed by atoms with van der Waals surface area (Å²) in [6.45, 7) is 0. The van der Waals surface area contributed by atoms with Crippen LogP contribution in [0.2, 0.25) is 0 Å². The number of nitrogens with zero attached hydrogens (tertiary/aromatic N) is 7. The van der Waals surface area contributed by atoms with Crippen molar-refractivity contribution < 1.29 is 0 Å². The third kappa shape index (κ3) is 9.41. The predicted octanol–water partition coefficient (Wildman–Crippen LogP) is 18.7. The fourth-order valence-electron chi connectivity index (χ4n) is 11.0. The Morgan fingerprint density at radius 3 is 1.42 bits per heavy atom. The lowest BCUT2D eigenvalue weighted by molar-refractivity contribution is 1.09. The molecule has 0 saturated carbocycles. The molecule has 0 unspecified atom stereocenters. The fraction of sp³-hybridized carbons (Fsp3) is 0. The normalized spacial score (nSPS) is 11.3. The van der Waals surface area contributed by atoms with Crippen LogP contribution in [0.25, 0.3) is 128 Å². The minimum Gasteiger partial charge on any atom is -0.353 e. The Hall–Kier alpha value is -10.5. The van der Waals surface area contributed by atoms with E-state index in [1.807, 2.05) is 85.2 Å². The van der Waals surface area contributed by atoms with E-state index in [4.69, 9.17) is 9.97 Å². The molecule has 0 atom stereocenters. The van der Waals surface area contributed by atoms with Gasteiger partial charge in [0.1, 0.15) is 10.4 Å². The van der Waals surface area contributed by atoms with Gasteiger partial charge in [-0.3, -0.25) is 14.5 Å². The van der Waals surface area contributed by atoms with Crippen LogP contribution in [0.5, 0.6) is 0 Å². The van der Waals surface area contributed by atoms with Crippen LogP contribution in [0.1, 0.15) is 0 Å². The zero-order chi connectivity index (χ0) is 54.1. The summed E-state index contributed by atoms with van der Waals surface area (Å²) in [5.74, 6) is 0.869. The van der Waals surface area contributed by atoms with Gasteiger partial charge in [-0.1, -0.05) is 158 Å². The first kappa shape index (κ1) is 48.9. The van der Waals surface area contributed by atoms with Crippen molar-refractivity contribution in [2.24, 2.45) is 0 Å². The van der Waals surface area contributed by atoms with Gasteiger partial charge in [-0.05, 0) is 147 Å². The third-order valence-electron chi connectivity index (χ3n) is 14.8.